The van der Waals surface area contributed by atoms with E-state index in [1.54, 1.807) is 12.1 Å². The average Bonchev–Trinajstić information content (AvgIpc) is 2.33. The summed E-state index contributed by atoms with van der Waals surface area (Å²) in [4.78, 5) is 11.8. The molecule has 4 heteroatoms. The average molecular weight is 255 g/mol. The van der Waals surface area contributed by atoms with Gasteiger partial charge in [0.15, 0.2) is 0 Å². The highest BCUT2D eigenvalue weighted by Gasteiger charge is 2.65. The molecule has 0 aromatic heterocycles. The fourth-order valence-electron chi connectivity index (χ4n) is 3.65. The molecule has 0 atom stereocenters. The fraction of sp³-hybridized carbons (Fsp3) is 0.467. The molecule has 0 spiro atoms. The van der Waals surface area contributed by atoms with Crippen LogP contribution in [0.2, 0.25) is 0 Å². The molecule has 0 radical (unpaired) electrons. The summed E-state index contributed by atoms with van der Waals surface area (Å²) in [5.74, 6) is 0. The molecule has 3 saturated carbocycles. The lowest BCUT2D eigenvalue weighted by Crippen LogP contribution is -2.74. The molecular formula is C15H17N3O. The van der Waals surface area contributed by atoms with Crippen LogP contribution in [0.25, 0.3) is 0 Å². The molecule has 3 aliphatic rings. The Morgan fingerprint density at radius 3 is 2.79 bits per heavy atom. The number of benzene rings is 1. The van der Waals surface area contributed by atoms with Crippen LogP contribution < -0.4 is 10.6 Å². The summed E-state index contributed by atoms with van der Waals surface area (Å²) in [6.45, 7) is 2.72. The second-order valence-corrected chi connectivity index (χ2v) is 6.24. The minimum Gasteiger partial charge on any atom is -0.334 e. The van der Waals surface area contributed by atoms with E-state index in [2.05, 4.69) is 23.6 Å². The zero-order valence-corrected chi connectivity index (χ0v) is 11.0. The lowest BCUT2D eigenvalue weighted by Gasteiger charge is -2.69. The first kappa shape index (κ1) is 12.0. The number of hydrogen-bond acceptors (Lipinski definition) is 2. The standard InChI is InChI=1S/C15H17N3O/c1-14-8-15(9-14,10-14)18-13(19)17-7-12-4-2-3-11(5-12)6-16/h2-5H,7-10H2,1H3,(H2,17,18,19). The summed E-state index contributed by atoms with van der Waals surface area (Å²) >= 11 is 0. The van der Waals surface area contributed by atoms with Crippen LogP contribution in [0.3, 0.4) is 0 Å². The number of nitrogens with one attached hydrogen (secondary N) is 2. The predicted molar refractivity (Wildman–Crippen MR) is 71.2 cm³/mol. The van der Waals surface area contributed by atoms with Gasteiger partial charge in [0.2, 0.25) is 0 Å². The fourth-order valence-corrected chi connectivity index (χ4v) is 3.65. The SMILES string of the molecule is CC12CC(NC(=O)NCc3cccc(C#N)c3)(C1)C2. The maximum atomic E-state index is 11.8. The predicted octanol–water partition coefficient (Wildman–Crippen LogP) is 2.30. The topological polar surface area (TPSA) is 64.9 Å². The molecule has 1 aromatic carbocycles. The lowest BCUT2D eigenvalue weighted by atomic mass is 9.40. The largest absolute Gasteiger partial charge is 0.334 e. The Labute approximate surface area is 112 Å². The molecule has 98 valence electrons. The smallest absolute Gasteiger partial charge is 0.315 e. The minimum absolute atomic E-state index is 0.0767. The van der Waals surface area contributed by atoms with Crippen LogP contribution in [0.4, 0.5) is 4.79 Å². The van der Waals surface area contributed by atoms with Crippen LogP contribution in [-0.4, -0.2) is 11.6 Å². The summed E-state index contributed by atoms with van der Waals surface area (Å²) < 4.78 is 0. The maximum absolute atomic E-state index is 11.8. The molecule has 1 aromatic rings. The molecule has 2 amide bonds. The monoisotopic (exact) mass is 255 g/mol. The van der Waals surface area contributed by atoms with E-state index in [1.165, 1.54) is 0 Å². The third-order valence-corrected chi connectivity index (χ3v) is 4.18. The van der Waals surface area contributed by atoms with Crippen molar-refractivity contribution in [3.05, 3.63) is 35.4 Å². The van der Waals surface area contributed by atoms with Crippen molar-refractivity contribution in [2.45, 2.75) is 38.3 Å². The zero-order valence-electron chi connectivity index (χ0n) is 11.0. The Morgan fingerprint density at radius 2 is 2.16 bits per heavy atom. The summed E-state index contributed by atoms with van der Waals surface area (Å²) in [6, 6.07) is 9.27. The molecule has 3 aliphatic carbocycles. The van der Waals surface area contributed by atoms with Crippen molar-refractivity contribution in [2.75, 3.05) is 0 Å². The van der Waals surface area contributed by atoms with E-state index in [9.17, 15) is 4.79 Å². The summed E-state index contributed by atoms with van der Waals surface area (Å²) in [6.07, 6.45) is 3.33. The van der Waals surface area contributed by atoms with Gasteiger partial charge >= 0.3 is 6.03 Å². The number of nitriles is 1. The molecule has 0 aliphatic heterocycles. The molecule has 19 heavy (non-hydrogen) atoms. The molecule has 0 unspecified atom stereocenters. The Hall–Kier alpha value is -2.02. The van der Waals surface area contributed by atoms with Crippen molar-refractivity contribution in [1.82, 2.24) is 10.6 Å². The van der Waals surface area contributed by atoms with Crippen LogP contribution in [-0.2, 0) is 6.54 Å². The highest BCUT2D eigenvalue weighted by atomic mass is 16.2. The number of carbonyl (C=O) groups is 1. The zero-order chi connectivity index (χ0) is 13.5. The molecular weight excluding hydrogens is 238 g/mol. The van der Waals surface area contributed by atoms with Crippen LogP contribution >= 0.6 is 0 Å². The second-order valence-electron chi connectivity index (χ2n) is 6.24. The number of amides is 2. The van der Waals surface area contributed by atoms with Crippen molar-refractivity contribution < 1.29 is 4.79 Å². The summed E-state index contributed by atoms with van der Waals surface area (Å²) in [7, 11) is 0. The van der Waals surface area contributed by atoms with E-state index >= 15 is 0 Å². The van der Waals surface area contributed by atoms with Crippen molar-refractivity contribution in [2.24, 2.45) is 5.41 Å². The lowest BCUT2D eigenvalue weighted by molar-refractivity contribution is -0.131. The number of rotatable bonds is 3. The first-order chi connectivity index (χ1) is 9.03. The van der Waals surface area contributed by atoms with Gasteiger partial charge in [0.1, 0.15) is 0 Å². The van der Waals surface area contributed by atoms with E-state index in [4.69, 9.17) is 5.26 Å². The van der Waals surface area contributed by atoms with Gasteiger partial charge < -0.3 is 10.6 Å². The van der Waals surface area contributed by atoms with Crippen molar-refractivity contribution >= 4 is 6.03 Å². The minimum atomic E-state index is -0.107. The molecule has 3 fully saturated rings. The molecule has 2 bridgehead atoms. The van der Waals surface area contributed by atoms with Crippen LogP contribution in [0.5, 0.6) is 0 Å². The first-order valence-electron chi connectivity index (χ1n) is 6.58. The van der Waals surface area contributed by atoms with Gasteiger partial charge in [-0.3, -0.25) is 0 Å². The van der Waals surface area contributed by atoms with Gasteiger partial charge in [0, 0.05) is 12.1 Å². The molecule has 0 saturated heterocycles. The quantitative estimate of drug-likeness (QED) is 0.870. The highest BCUT2D eigenvalue weighted by molar-refractivity contribution is 5.75. The van der Waals surface area contributed by atoms with Crippen molar-refractivity contribution in [3.8, 4) is 6.07 Å². The van der Waals surface area contributed by atoms with Crippen molar-refractivity contribution in [1.29, 1.82) is 5.26 Å². The van der Waals surface area contributed by atoms with E-state index in [0.717, 1.165) is 24.8 Å². The second kappa shape index (κ2) is 3.99. The number of carbonyl (C=O) groups excluding carboxylic acids is 1. The van der Waals surface area contributed by atoms with E-state index in [-0.39, 0.29) is 11.6 Å². The van der Waals surface area contributed by atoms with E-state index < -0.39 is 0 Å². The first-order valence-corrected chi connectivity index (χ1v) is 6.58. The molecule has 2 N–H and O–H groups in total. The van der Waals surface area contributed by atoms with Crippen LogP contribution in [0.1, 0.15) is 37.3 Å². The third kappa shape index (κ3) is 2.17. The van der Waals surface area contributed by atoms with Gasteiger partial charge in [-0.05, 0) is 42.4 Å². The van der Waals surface area contributed by atoms with E-state index in [1.807, 2.05) is 12.1 Å². The molecule has 4 nitrogen and oxygen atoms in total. The van der Waals surface area contributed by atoms with Crippen LogP contribution in [0, 0.1) is 16.7 Å². The normalized spacial score (nSPS) is 30.5. The third-order valence-electron chi connectivity index (χ3n) is 4.18. The van der Waals surface area contributed by atoms with E-state index in [0.29, 0.717) is 17.5 Å². The van der Waals surface area contributed by atoms with Gasteiger partial charge in [0.25, 0.3) is 0 Å². The Balaban J connectivity index is 1.49. The number of urea groups is 1. The van der Waals surface area contributed by atoms with Crippen LogP contribution in [0.15, 0.2) is 24.3 Å². The molecule has 0 heterocycles. The molecule has 4 rings (SSSR count). The number of nitrogens with zero attached hydrogens (tertiary/aromatic N) is 1. The summed E-state index contributed by atoms with van der Waals surface area (Å²) in [5, 5.41) is 14.7. The van der Waals surface area contributed by atoms with Crippen molar-refractivity contribution in [3.63, 3.8) is 0 Å². The number of hydrogen-bond donors (Lipinski definition) is 2. The Morgan fingerprint density at radius 1 is 1.42 bits per heavy atom. The van der Waals surface area contributed by atoms with Gasteiger partial charge in [-0.1, -0.05) is 19.1 Å². The maximum Gasteiger partial charge on any atom is 0.315 e. The summed E-state index contributed by atoms with van der Waals surface area (Å²) in [5.41, 5.74) is 2.13. The van der Waals surface area contributed by atoms with Gasteiger partial charge in [-0.2, -0.15) is 5.26 Å². The van der Waals surface area contributed by atoms with Gasteiger partial charge in [-0.25, -0.2) is 4.79 Å². The Kier molecular flexibility index (Phi) is 2.53. The van der Waals surface area contributed by atoms with Gasteiger partial charge in [0.05, 0.1) is 11.6 Å². The van der Waals surface area contributed by atoms with Gasteiger partial charge in [-0.15, -0.1) is 0 Å². The Bertz CT molecular complexity index is 553. The highest BCUT2D eigenvalue weighted by Crippen LogP contribution is 2.66.